The lowest BCUT2D eigenvalue weighted by molar-refractivity contribution is -0.127. The average Bonchev–Trinajstić information content (AvgIpc) is 2.46. The topological polar surface area (TPSA) is 69.6 Å². The number of pyridine rings is 1. The smallest absolute Gasteiger partial charge is 0.243 e. The number of likely N-dealkylation sites (N-methyl/N-ethyl adjacent to an activating group) is 1. The summed E-state index contributed by atoms with van der Waals surface area (Å²) in [7, 11) is 3.45. The van der Waals surface area contributed by atoms with Crippen molar-refractivity contribution in [3.05, 3.63) is 29.6 Å². The van der Waals surface area contributed by atoms with Gasteiger partial charge in [0.2, 0.25) is 5.91 Å². The number of amides is 1. The Morgan fingerprint density at radius 3 is 2.68 bits per heavy atom. The molecule has 0 radical (unpaired) electrons. The van der Waals surface area contributed by atoms with E-state index in [1.807, 2.05) is 19.2 Å². The molecule has 0 saturated heterocycles. The molecule has 0 unspecified atom stereocenters. The number of carbonyl (C=O) groups excluding carboxylic acids is 1. The number of guanidine groups is 1. The number of hydrogen-bond acceptors (Lipinski definition) is 3. The van der Waals surface area contributed by atoms with Crippen LogP contribution in [0.15, 0.2) is 23.5 Å². The minimum atomic E-state index is -0.0165. The van der Waals surface area contributed by atoms with Crippen molar-refractivity contribution in [3.8, 4) is 0 Å². The van der Waals surface area contributed by atoms with Crippen molar-refractivity contribution >= 4 is 35.8 Å². The zero-order valence-electron chi connectivity index (χ0n) is 13.7. The molecular weight excluding hydrogens is 393 g/mol. The van der Waals surface area contributed by atoms with Crippen molar-refractivity contribution in [2.75, 3.05) is 33.7 Å². The third-order valence-corrected chi connectivity index (χ3v) is 3.04. The number of halogens is 1. The van der Waals surface area contributed by atoms with E-state index in [1.54, 1.807) is 20.3 Å². The largest absolute Gasteiger partial charge is 0.357 e. The van der Waals surface area contributed by atoms with E-state index in [9.17, 15) is 4.79 Å². The van der Waals surface area contributed by atoms with Crippen LogP contribution < -0.4 is 10.6 Å². The lowest BCUT2D eigenvalue weighted by Gasteiger charge is -2.13. The molecule has 1 amide bonds. The van der Waals surface area contributed by atoms with Gasteiger partial charge in [0, 0.05) is 39.6 Å². The van der Waals surface area contributed by atoms with E-state index in [4.69, 9.17) is 0 Å². The highest BCUT2D eigenvalue weighted by Crippen LogP contribution is 2.04. The molecule has 124 valence electrons. The first-order chi connectivity index (χ1) is 10.0. The maximum atomic E-state index is 11.5. The molecule has 1 aromatic rings. The van der Waals surface area contributed by atoms with Gasteiger partial charge < -0.3 is 15.5 Å². The number of nitrogens with one attached hydrogen (secondary N) is 2. The number of rotatable bonds is 6. The number of nitrogens with zero attached hydrogens (tertiary/aromatic N) is 3. The van der Waals surface area contributed by atoms with E-state index < -0.39 is 0 Å². The highest BCUT2D eigenvalue weighted by molar-refractivity contribution is 14.0. The second kappa shape index (κ2) is 11.2. The van der Waals surface area contributed by atoms with Crippen LogP contribution in [0, 0.1) is 6.92 Å². The molecule has 0 aliphatic carbocycles. The zero-order chi connectivity index (χ0) is 15.7. The molecule has 2 N–H and O–H groups in total. The third kappa shape index (κ3) is 7.58. The Morgan fingerprint density at radius 1 is 1.36 bits per heavy atom. The van der Waals surface area contributed by atoms with Crippen LogP contribution in [0.2, 0.25) is 0 Å². The molecular formula is C15H26IN5O. The lowest BCUT2D eigenvalue weighted by Crippen LogP contribution is -2.39. The minimum Gasteiger partial charge on any atom is -0.357 e. The summed E-state index contributed by atoms with van der Waals surface area (Å²) in [5.74, 6) is 0.650. The number of hydrogen-bond donors (Lipinski definition) is 2. The summed E-state index contributed by atoms with van der Waals surface area (Å²) in [6, 6.07) is 2.02. The highest BCUT2D eigenvalue weighted by Gasteiger charge is 2.04. The number of carbonyl (C=O) groups is 1. The molecule has 0 fully saturated rings. The van der Waals surface area contributed by atoms with E-state index in [1.165, 1.54) is 16.0 Å². The van der Waals surface area contributed by atoms with Crippen LogP contribution in [-0.2, 0) is 11.2 Å². The first kappa shape index (κ1) is 20.6. The molecule has 0 aliphatic heterocycles. The molecule has 0 aromatic carbocycles. The Balaban J connectivity index is 0.00000441. The quantitative estimate of drug-likeness (QED) is 0.413. The molecule has 0 spiro atoms. The molecule has 0 bridgehead atoms. The Bertz CT molecular complexity index is 491. The predicted molar refractivity (Wildman–Crippen MR) is 101 cm³/mol. The summed E-state index contributed by atoms with van der Waals surface area (Å²) in [5, 5.41) is 6.37. The molecule has 0 atom stereocenters. The molecule has 0 aliphatic rings. The standard InChI is InChI=1S/C15H25N5O.HI/c1-5-17-15(19-11-14(21)20(3)4)18-9-7-13-6-8-16-10-12(13)2;/h6,8,10H,5,7,9,11H2,1-4H3,(H2,17,18,19);1H. The molecule has 1 heterocycles. The average molecular weight is 419 g/mol. The Morgan fingerprint density at radius 2 is 2.09 bits per heavy atom. The van der Waals surface area contributed by atoms with Gasteiger partial charge in [0.25, 0.3) is 0 Å². The van der Waals surface area contributed by atoms with Gasteiger partial charge in [0.1, 0.15) is 6.54 Å². The van der Waals surface area contributed by atoms with Gasteiger partial charge >= 0.3 is 0 Å². The van der Waals surface area contributed by atoms with Crippen molar-refractivity contribution in [3.63, 3.8) is 0 Å². The summed E-state index contributed by atoms with van der Waals surface area (Å²) in [4.78, 5) is 21.4. The molecule has 1 rings (SSSR count). The van der Waals surface area contributed by atoms with Gasteiger partial charge in [-0.3, -0.25) is 9.78 Å². The van der Waals surface area contributed by atoms with Gasteiger partial charge in [-0.15, -0.1) is 24.0 Å². The monoisotopic (exact) mass is 419 g/mol. The molecule has 7 heteroatoms. The van der Waals surface area contributed by atoms with Crippen LogP contribution in [0.5, 0.6) is 0 Å². The van der Waals surface area contributed by atoms with E-state index >= 15 is 0 Å². The first-order valence-electron chi connectivity index (χ1n) is 7.16. The van der Waals surface area contributed by atoms with Crippen molar-refractivity contribution in [2.45, 2.75) is 20.3 Å². The Labute approximate surface area is 149 Å². The zero-order valence-corrected chi connectivity index (χ0v) is 16.0. The Hall–Kier alpha value is -1.38. The normalized spacial score (nSPS) is 10.6. The van der Waals surface area contributed by atoms with E-state index in [2.05, 4.69) is 27.5 Å². The van der Waals surface area contributed by atoms with Crippen molar-refractivity contribution in [2.24, 2.45) is 4.99 Å². The summed E-state index contributed by atoms with van der Waals surface area (Å²) in [6.45, 7) is 5.72. The highest BCUT2D eigenvalue weighted by atomic mass is 127. The summed E-state index contributed by atoms with van der Waals surface area (Å²) >= 11 is 0. The van der Waals surface area contributed by atoms with Gasteiger partial charge in [-0.2, -0.15) is 0 Å². The van der Waals surface area contributed by atoms with Gasteiger partial charge in [0.15, 0.2) is 5.96 Å². The second-order valence-electron chi connectivity index (χ2n) is 4.96. The van der Waals surface area contributed by atoms with E-state index in [-0.39, 0.29) is 36.4 Å². The summed E-state index contributed by atoms with van der Waals surface area (Å²) in [6.07, 6.45) is 4.56. The minimum absolute atomic E-state index is 0. The maximum absolute atomic E-state index is 11.5. The number of aliphatic imine (C=N–C) groups is 1. The fourth-order valence-corrected chi connectivity index (χ4v) is 1.73. The van der Waals surface area contributed by atoms with Gasteiger partial charge in [-0.1, -0.05) is 0 Å². The lowest BCUT2D eigenvalue weighted by atomic mass is 10.1. The van der Waals surface area contributed by atoms with Crippen molar-refractivity contribution in [1.82, 2.24) is 20.5 Å². The fraction of sp³-hybridized carbons (Fsp3) is 0.533. The maximum Gasteiger partial charge on any atom is 0.243 e. The number of aryl methyl sites for hydroxylation is 1. The molecule has 22 heavy (non-hydrogen) atoms. The summed E-state index contributed by atoms with van der Waals surface area (Å²) in [5.41, 5.74) is 2.45. The fourth-order valence-electron chi connectivity index (χ4n) is 1.73. The third-order valence-electron chi connectivity index (χ3n) is 3.04. The van der Waals surface area contributed by atoms with Crippen molar-refractivity contribution in [1.29, 1.82) is 0 Å². The van der Waals surface area contributed by atoms with Crippen LogP contribution in [-0.4, -0.2) is 55.5 Å². The molecule has 0 saturated carbocycles. The summed E-state index contributed by atoms with van der Waals surface area (Å²) < 4.78 is 0. The first-order valence-corrected chi connectivity index (χ1v) is 7.16. The van der Waals surface area contributed by atoms with Crippen LogP contribution in [0.25, 0.3) is 0 Å². The molecule has 1 aromatic heterocycles. The van der Waals surface area contributed by atoms with E-state index in [0.717, 1.165) is 19.5 Å². The predicted octanol–water partition coefficient (Wildman–Crippen LogP) is 1.19. The van der Waals surface area contributed by atoms with Gasteiger partial charge in [-0.25, -0.2) is 4.99 Å². The van der Waals surface area contributed by atoms with Crippen LogP contribution in [0.1, 0.15) is 18.1 Å². The van der Waals surface area contributed by atoms with Crippen LogP contribution in [0.3, 0.4) is 0 Å². The van der Waals surface area contributed by atoms with Crippen LogP contribution in [0.4, 0.5) is 0 Å². The van der Waals surface area contributed by atoms with E-state index in [0.29, 0.717) is 5.96 Å². The van der Waals surface area contributed by atoms with Crippen LogP contribution >= 0.6 is 24.0 Å². The van der Waals surface area contributed by atoms with Crippen molar-refractivity contribution < 1.29 is 4.79 Å². The number of aromatic nitrogens is 1. The van der Waals surface area contributed by atoms with Gasteiger partial charge in [-0.05, 0) is 37.5 Å². The molecule has 6 nitrogen and oxygen atoms in total. The Kier molecular flexibility index (Phi) is 10.5. The van der Waals surface area contributed by atoms with Gasteiger partial charge in [0.05, 0.1) is 0 Å². The SMILES string of the molecule is CCNC(=NCC(=O)N(C)C)NCCc1ccncc1C.I. The second-order valence-corrected chi connectivity index (χ2v) is 4.96.